The molecule has 0 saturated heterocycles. The Morgan fingerprint density at radius 2 is 1.94 bits per heavy atom. The standard InChI is InChI=1S/C25H21N3O3S/c1-3-31-24(30)21-15(2)27-25-28(22(21)16-9-5-4-6-10-16)23(29)20(32-25)13-17-14-26-19-12-8-7-11-18(17)19/h4-14,22,26H,3H2,1-2H3/b20-13-/t22-/m1/s1. The van der Waals surface area contributed by atoms with Gasteiger partial charge in [0.15, 0.2) is 4.80 Å². The van der Waals surface area contributed by atoms with Crippen molar-refractivity contribution in [3.8, 4) is 0 Å². The number of nitrogens with one attached hydrogen (secondary N) is 1. The number of thiazole rings is 1. The number of allylic oxidation sites excluding steroid dienone is 1. The van der Waals surface area contributed by atoms with Gasteiger partial charge in [-0.3, -0.25) is 9.36 Å². The SMILES string of the molecule is CCOC(=O)C1=C(C)N=c2s/c(=C\c3c[nH]c4ccccc34)c(=O)n2[C@@H]1c1ccccc1. The highest BCUT2D eigenvalue weighted by molar-refractivity contribution is 7.07. The average Bonchev–Trinajstić information content (AvgIpc) is 3.34. The lowest BCUT2D eigenvalue weighted by molar-refractivity contribution is -0.139. The van der Waals surface area contributed by atoms with Gasteiger partial charge in [-0.15, -0.1) is 0 Å². The number of para-hydroxylation sites is 1. The Bertz CT molecular complexity index is 1540. The van der Waals surface area contributed by atoms with Crippen molar-refractivity contribution in [1.82, 2.24) is 9.55 Å². The molecular weight excluding hydrogens is 422 g/mol. The van der Waals surface area contributed by atoms with Crippen molar-refractivity contribution in [2.75, 3.05) is 6.61 Å². The van der Waals surface area contributed by atoms with Crippen molar-refractivity contribution in [2.24, 2.45) is 4.99 Å². The molecule has 0 unspecified atom stereocenters. The summed E-state index contributed by atoms with van der Waals surface area (Å²) < 4.78 is 7.49. The lowest BCUT2D eigenvalue weighted by Gasteiger charge is -2.24. The minimum atomic E-state index is -0.586. The second kappa shape index (κ2) is 8.09. The van der Waals surface area contributed by atoms with Crippen LogP contribution >= 0.6 is 11.3 Å². The summed E-state index contributed by atoms with van der Waals surface area (Å²) in [4.78, 5) is 34.9. The van der Waals surface area contributed by atoms with Gasteiger partial charge in [0, 0.05) is 22.7 Å². The molecule has 0 radical (unpaired) electrons. The fourth-order valence-corrected chi connectivity index (χ4v) is 5.13. The maximum Gasteiger partial charge on any atom is 0.338 e. The summed E-state index contributed by atoms with van der Waals surface area (Å²) >= 11 is 1.33. The molecule has 7 heteroatoms. The number of esters is 1. The molecule has 3 heterocycles. The predicted octanol–water partition coefficient (Wildman–Crippen LogP) is 3.28. The molecule has 0 aliphatic carbocycles. The van der Waals surface area contributed by atoms with Crippen molar-refractivity contribution in [3.05, 3.63) is 103 Å². The van der Waals surface area contributed by atoms with E-state index >= 15 is 0 Å². The van der Waals surface area contributed by atoms with E-state index in [1.807, 2.05) is 66.9 Å². The fourth-order valence-electron chi connectivity index (χ4n) is 4.10. The molecule has 5 rings (SSSR count). The van der Waals surface area contributed by atoms with Crippen LogP contribution in [-0.4, -0.2) is 22.1 Å². The summed E-state index contributed by atoms with van der Waals surface area (Å²) in [6.07, 6.45) is 3.78. The molecule has 6 nitrogen and oxygen atoms in total. The Hall–Kier alpha value is -3.71. The topological polar surface area (TPSA) is 76.4 Å². The van der Waals surface area contributed by atoms with Crippen LogP contribution in [0.25, 0.3) is 17.0 Å². The van der Waals surface area contributed by atoms with E-state index in [0.717, 1.165) is 22.0 Å². The number of rotatable bonds is 4. The Labute approximate surface area is 187 Å². The van der Waals surface area contributed by atoms with Crippen LogP contribution in [0.2, 0.25) is 0 Å². The molecule has 0 bridgehead atoms. The van der Waals surface area contributed by atoms with Crippen LogP contribution in [0.4, 0.5) is 0 Å². The number of aromatic nitrogens is 2. The highest BCUT2D eigenvalue weighted by Gasteiger charge is 2.33. The van der Waals surface area contributed by atoms with Crippen LogP contribution in [0.15, 0.2) is 81.9 Å². The van der Waals surface area contributed by atoms with Gasteiger partial charge in [-0.05, 0) is 31.6 Å². The van der Waals surface area contributed by atoms with Crippen LogP contribution < -0.4 is 14.9 Å². The van der Waals surface area contributed by atoms with Gasteiger partial charge in [-0.2, -0.15) is 0 Å². The van der Waals surface area contributed by atoms with E-state index in [2.05, 4.69) is 9.98 Å². The third-order valence-corrected chi connectivity index (χ3v) is 6.52. The number of carbonyl (C=O) groups excluding carboxylic acids is 1. The second-order valence-corrected chi connectivity index (χ2v) is 8.51. The molecule has 2 aromatic heterocycles. The largest absolute Gasteiger partial charge is 0.463 e. The van der Waals surface area contributed by atoms with E-state index in [0.29, 0.717) is 20.6 Å². The lowest BCUT2D eigenvalue weighted by atomic mass is 9.96. The summed E-state index contributed by atoms with van der Waals surface area (Å²) in [7, 11) is 0. The Kier molecular flexibility index (Phi) is 5.11. The maximum absolute atomic E-state index is 13.6. The van der Waals surface area contributed by atoms with Gasteiger partial charge in [0.1, 0.15) is 0 Å². The zero-order valence-electron chi connectivity index (χ0n) is 17.7. The van der Waals surface area contributed by atoms with Crippen molar-refractivity contribution in [3.63, 3.8) is 0 Å². The first-order chi connectivity index (χ1) is 15.6. The summed E-state index contributed by atoms with van der Waals surface area (Å²) in [5.41, 5.74) is 3.56. The molecule has 160 valence electrons. The first-order valence-corrected chi connectivity index (χ1v) is 11.2. The number of hydrogen-bond donors (Lipinski definition) is 1. The van der Waals surface area contributed by atoms with Gasteiger partial charge in [0.25, 0.3) is 5.56 Å². The van der Waals surface area contributed by atoms with E-state index in [1.54, 1.807) is 18.4 Å². The van der Waals surface area contributed by atoms with Crippen LogP contribution in [0.1, 0.15) is 31.0 Å². The summed E-state index contributed by atoms with van der Waals surface area (Å²) in [6, 6.07) is 16.9. The van der Waals surface area contributed by atoms with Crippen molar-refractivity contribution in [2.45, 2.75) is 19.9 Å². The third-order valence-electron chi connectivity index (χ3n) is 5.54. The van der Waals surface area contributed by atoms with Crippen LogP contribution in [-0.2, 0) is 9.53 Å². The average molecular weight is 444 g/mol. The Morgan fingerprint density at radius 3 is 2.72 bits per heavy atom. The number of nitrogens with zero attached hydrogens (tertiary/aromatic N) is 2. The van der Waals surface area contributed by atoms with E-state index in [9.17, 15) is 9.59 Å². The Morgan fingerprint density at radius 1 is 1.19 bits per heavy atom. The van der Waals surface area contributed by atoms with Crippen molar-refractivity contribution in [1.29, 1.82) is 0 Å². The van der Waals surface area contributed by atoms with Crippen molar-refractivity contribution >= 4 is 34.3 Å². The molecule has 1 aliphatic heterocycles. The molecule has 1 atom stereocenters. The molecule has 0 fully saturated rings. The van der Waals surface area contributed by atoms with E-state index in [4.69, 9.17) is 4.74 Å². The van der Waals surface area contributed by atoms with Gasteiger partial charge in [0.05, 0.1) is 28.5 Å². The first kappa shape index (κ1) is 20.2. The number of carbonyl (C=O) groups is 1. The molecule has 2 aromatic carbocycles. The van der Waals surface area contributed by atoms with E-state index < -0.39 is 12.0 Å². The van der Waals surface area contributed by atoms with Gasteiger partial charge in [-0.25, -0.2) is 9.79 Å². The number of fused-ring (bicyclic) bond motifs is 2. The molecule has 0 saturated carbocycles. The minimum absolute atomic E-state index is 0.179. The zero-order valence-corrected chi connectivity index (χ0v) is 18.5. The molecule has 0 spiro atoms. The summed E-state index contributed by atoms with van der Waals surface area (Å²) in [5, 5.41) is 1.04. The lowest BCUT2D eigenvalue weighted by Crippen LogP contribution is -2.39. The van der Waals surface area contributed by atoms with Crippen molar-refractivity contribution < 1.29 is 9.53 Å². The van der Waals surface area contributed by atoms with Crippen LogP contribution in [0.5, 0.6) is 0 Å². The highest BCUT2D eigenvalue weighted by atomic mass is 32.1. The monoisotopic (exact) mass is 443 g/mol. The number of hydrogen-bond acceptors (Lipinski definition) is 5. The molecule has 32 heavy (non-hydrogen) atoms. The number of H-pyrrole nitrogens is 1. The number of aromatic amines is 1. The van der Waals surface area contributed by atoms with E-state index in [-0.39, 0.29) is 12.2 Å². The highest BCUT2D eigenvalue weighted by Crippen LogP contribution is 2.30. The molecule has 1 N–H and O–H groups in total. The first-order valence-electron chi connectivity index (χ1n) is 10.4. The smallest absolute Gasteiger partial charge is 0.338 e. The maximum atomic E-state index is 13.6. The number of ether oxygens (including phenoxy) is 1. The van der Waals surface area contributed by atoms with Gasteiger partial charge in [0.2, 0.25) is 0 Å². The fraction of sp³-hybridized carbons (Fsp3) is 0.160. The number of benzene rings is 2. The van der Waals surface area contributed by atoms with Crippen LogP contribution in [0, 0.1) is 0 Å². The molecular formula is C25H21N3O3S. The summed E-state index contributed by atoms with van der Waals surface area (Å²) in [6.45, 7) is 3.81. The zero-order chi connectivity index (χ0) is 22.2. The molecule has 0 amide bonds. The second-order valence-electron chi connectivity index (χ2n) is 7.50. The normalized spacial score (nSPS) is 16.2. The van der Waals surface area contributed by atoms with E-state index in [1.165, 1.54) is 11.3 Å². The molecule has 1 aliphatic rings. The Balaban J connectivity index is 1.74. The van der Waals surface area contributed by atoms with Crippen LogP contribution in [0.3, 0.4) is 0 Å². The van der Waals surface area contributed by atoms with Gasteiger partial charge < -0.3 is 9.72 Å². The third kappa shape index (κ3) is 3.31. The predicted molar refractivity (Wildman–Crippen MR) is 125 cm³/mol. The minimum Gasteiger partial charge on any atom is -0.463 e. The quantitative estimate of drug-likeness (QED) is 0.492. The summed E-state index contributed by atoms with van der Waals surface area (Å²) in [5.74, 6) is -0.450. The molecule has 4 aromatic rings. The van der Waals surface area contributed by atoms with Gasteiger partial charge in [-0.1, -0.05) is 59.9 Å². The van der Waals surface area contributed by atoms with Gasteiger partial charge >= 0.3 is 5.97 Å².